The Labute approximate surface area is 118 Å². The number of rotatable bonds is 3. The van der Waals surface area contributed by atoms with Crippen LogP contribution in [0.1, 0.15) is 31.2 Å². The number of amides is 2. The van der Waals surface area contributed by atoms with Gasteiger partial charge in [-0.1, -0.05) is 11.6 Å². The standard InChI is InChI=1S/C15H18N2O3/c18-15(16-8-11-3-1-2-4-11)17-9-12-5-6-13-14(7-12)20-10-19-13/h5-8H,1-4,9-10H2,(H2,16,17,18). The van der Waals surface area contributed by atoms with Crippen molar-refractivity contribution in [2.45, 2.75) is 32.2 Å². The highest BCUT2D eigenvalue weighted by Crippen LogP contribution is 2.32. The largest absolute Gasteiger partial charge is 0.454 e. The minimum atomic E-state index is -0.179. The van der Waals surface area contributed by atoms with Crippen LogP contribution in [0.4, 0.5) is 4.79 Å². The van der Waals surface area contributed by atoms with E-state index in [1.807, 2.05) is 24.4 Å². The lowest BCUT2D eigenvalue weighted by atomic mass is 10.2. The molecule has 1 saturated carbocycles. The molecule has 0 radical (unpaired) electrons. The zero-order valence-electron chi connectivity index (χ0n) is 11.3. The second-order valence-electron chi connectivity index (χ2n) is 5.02. The molecule has 5 nitrogen and oxygen atoms in total. The summed E-state index contributed by atoms with van der Waals surface area (Å²) in [4.78, 5) is 11.7. The topological polar surface area (TPSA) is 59.6 Å². The van der Waals surface area contributed by atoms with Crippen LogP contribution in [-0.4, -0.2) is 12.8 Å². The molecule has 0 spiro atoms. The second kappa shape index (κ2) is 5.86. The minimum Gasteiger partial charge on any atom is -0.454 e. The third-order valence-corrected chi connectivity index (χ3v) is 3.54. The number of benzene rings is 1. The average molecular weight is 274 g/mol. The van der Waals surface area contributed by atoms with Crippen molar-refractivity contribution in [3.8, 4) is 11.5 Å². The van der Waals surface area contributed by atoms with Crippen LogP contribution in [0.3, 0.4) is 0 Å². The smallest absolute Gasteiger partial charge is 0.319 e. The maximum Gasteiger partial charge on any atom is 0.319 e. The van der Waals surface area contributed by atoms with E-state index in [1.54, 1.807) is 0 Å². The quantitative estimate of drug-likeness (QED) is 0.891. The summed E-state index contributed by atoms with van der Waals surface area (Å²) in [7, 11) is 0. The first kappa shape index (κ1) is 12.8. The molecular formula is C15H18N2O3. The number of fused-ring (bicyclic) bond motifs is 1. The van der Waals surface area contributed by atoms with Crippen molar-refractivity contribution >= 4 is 6.03 Å². The van der Waals surface area contributed by atoms with Gasteiger partial charge in [-0.15, -0.1) is 0 Å². The number of allylic oxidation sites excluding steroid dienone is 1. The maximum absolute atomic E-state index is 11.7. The van der Waals surface area contributed by atoms with Gasteiger partial charge in [-0.25, -0.2) is 4.79 Å². The first-order chi connectivity index (χ1) is 9.81. The van der Waals surface area contributed by atoms with Gasteiger partial charge >= 0.3 is 6.03 Å². The van der Waals surface area contributed by atoms with Crippen molar-refractivity contribution in [2.24, 2.45) is 0 Å². The third-order valence-electron chi connectivity index (χ3n) is 3.54. The Balaban J connectivity index is 1.49. The molecule has 106 valence electrons. The molecule has 0 aromatic heterocycles. The molecule has 20 heavy (non-hydrogen) atoms. The summed E-state index contributed by atoms with van der Waals surface area (Å²) in [5, 5.41) is 5.60. The van der Waals surface area contributed by atoms with Crippen molar-refractivity contribution in [2.75, 3.05) is 6.79 Å². The molecule has 2 N–H and O–H groups in total. The zero-order chi connectivity index (χ0) is 13.8. The lowest BCUT2D eigenvalue weighted by Crippen LogP contribution is -2.31. The van der Waals surface area contributed by atoms with Gasteiger partial charge in [-0.3, -0.25) is 0 Å². The Morgan fingerprint density at radius 3 is 2.85 bits per heavy atom. The number of nitrogens with one attached hydrogen (secondary N) is 2. The van der Waals surface area contributed by atoms with Gasteiger partial charge < -0.3 is 20.1 Å². The highest BCUT2D eigenvalue weighted by Gasteiger charge is 2.13. The highest BCUT2D eigenvalue weighted by atomic mass is 16.7. The number of hydrogen-bond acceptors (Lipinski definition) is 3. The molecule has 2 aliphatic rings. The summed E-state index contributed by atoms with van der Waals surface area (Å²) < 4.78 is 10.5. The molecule has 0 bridgehead atoms. The fraction of sp³-hybridized carbons (Fsp3) is 0.400. The normalized spacial score (nSPS) is 16.1. The Bertz CT molecular complexity index is 532. The lowest BCUT2D eigenvalue weighted by molar-refractivity contribution is 0.174. The fourth-order valence-electron chi connectivity index (χ4n) is 2.43. The van der Waals surface area contributed by atoms with E-state index >= 15 is 0 Å². The molecule has 0 unspecified atom stereocenters. The van der Waals surface area contributed by atoms with E-state index in [-0.39, 0.29) is 12.8 Å². The van der Waals surface area contributed by atoms with Crippen LogP contribution in [0.2, 0.25) is 0 Å². The van der Waals surface area contributed by atoms with Crippen LogP contribution in [0.15, 0.2) is 30.0 Å². The van der Waals surface area contributed by atoms with Gasteiger partial charge in [0.1, 0.15) is 0 Å². The Hall–Kier alpha value is -2.17. The van der Waals surface area contributed by atoms with Gasteiger partial charge in [0.15, 0.2) is 11.5 Å². The van der Waals surface area contributed by atoms with E-state index < -0.39 is 0 Å². The third kappa shape index (κ3) is 3.04. The summed E-state index contributed by atoms with van der Waals surface area (Å²) in [6, 6.07) is 5.49. The van der Waals surface area contributed by atoms with E-state index in [4.69, 9.17) is 9.47 Å². The highest BCUT2D eigenvalue weighted by molar-refractivity contribution is 5.75. The molecule has 3 rings (SSSR count). The van der Waals surface area contributed by atoms with Crippen molar-refractivity contribution in [1.82, 2.24) is 10.6 Å². The first-order valence-corrected chi connectivity index (χ1v) is 6.92. The SMILES string of the molecule is O=C(NC=C1CCCC1)NCc1ccc2c(c1)OCO2. The van der Waals surface area contributed by atoms with Crippen LogP contribution in [0.25, 0.3) is 0 Å². The van der Waals surface area contributed by atoms with Crippen LogP contribution < -0.4 is 20.1 Å². The molecule has 5 heteroatoms. The molecule has 1 aliphatic carbocycles. The molecule has 0 atom stereocenters. The maximum atomic E-state index is 11.7. The van der Waals surface area contributed by atoms with Gasteiger partial charge in [0, 0.05) is 12.7 Å². The van der Waals surface area contributed by atoms with Gasteiger partial charge in [0.05, 0.1) is 0 Å². The molecule has 1 aliphatic heterocycles. The number of carbonyl (C=O) groups is 1. The number of carbonyl (C=O) groups excluding carboxylic acids is 1. The van der Waals surface area contributed by atoms with Crippen molar-refractivity contribution in [3.63, 3.8) is 0 Å². The molecule has 1 aromatic rings. The average Bonchev–Trinajstić information content (AvgIpc) is 3.13. The zero-order valence-corrected chi connectivity index (χ0v) is 11.3. The molecule has 1 aromatic carbocycles. The van der Waals surface area contributed by atoms with Crippen LogP contribution in [0.5, 0.6) is 11.5 Å². The molecule has 0 saturated heterocycles. The summed E-state index contributed by atoms with van der Waals surface area (Å²) >= 11 is 0. The Kier molecular flexibility index (Phi) is 3.76. The Morgan fingerprint density at radius 2 is 2.00 bits per heavy atom. The van der Waals surface area contributed by atoms with Crippen molar-refractivity contribution in [3.05, 3.63) is 35.5 Å². The van der Waals surface area contributed by atoms with Crippen LogP contribution in [-0.2, 0) is 6.54 Å². The summed E-state index contributed by atoms with van der Waals surface area (Å²) in [5.74, 6) is 1.49. The number of hydrogen-bond donors (Lipinski definition) is 2. The number of ether oxygens (including phenoxy) is 2. The van der Waals surface area contributed by atoms with Crippen molar-refractivity contribution in [1.29, 1.82) is 0 Å². The van der Waals surface area contributed by atoms with Gasteiger partial charge in [0.2, 0.25) is 6.79 Å². The van der Waals surface area contributed by atoms with Crippen LogP contribution >= 0.6 is 0 Å². The van der Waals surface area contributed by atoms with Gasteiger partial charge in [0.25, 0.3) is 0 Å². The van der Waals surface area contributed by atoms with Crippen LogP contribution in [0, 0.1) is 0 Å². The summed E-state index contributed by atoms with van der Waals surface area (Å²) in [6.45, 7) is 0.728. The molecule has 1 fully saturated rings. The van der Waals surface area contributed by atoms with E-state index in [2.05, 4.69) is 10.6 Å². The van der Waals surface area contributed by atoms with Gasteiger partial charge in [-0.2, -0.15) is 0 Å². The van der Waals surface area contributed by atoms with Crippen molar-refractivity contribution < 1.29 is 14.3 Å². The lowest BCUT2D eigenvalue weighted by Gasteiger charge is -2.06. The monoisotopic (exact) mass is 274 g/mol. The molecular weight excluding hydrogens is 256 g/mol. The summed E-state index contributed by atoms with van der Waals surface area (Å²) in [6.07, 6.45) is 6.49. The van der Waals surface area contributed by atoms with E-state index in [0.29, 0.717) is 6.54 Å². The summed E-state index contributed by atoms with van der Waals surface area (Å²) in [5.41, 5.74) is 2.31. The molecule has 2 amide bonds. The minimum absolute atomic E-state index is 0.179. The fourth-order valence-corrected chi connectivity index (χ4v) is 2.43. The molecule has 1 heterocycles. The van der Waals surface area contributed by atoms with Gasteiger partial charge in [-0.05, 0) is 43.4 Å². The Morgan fingerprint density at radius 1 is 1.20 bits per heavy atom. The number of urea groups is 1. The predicted molar refractivity (Wildman–Crippen MR) is 74.5 cm³/mol. The second-order valence-corrected chi connectivity index (χ2v) is 5.02. The first-order valence-electron chi connectivity index (χ1n) is 6.92. The predicted octanol–water partition coefficient (Wildman–Crippen LogP) is 2.67. The van der Waals surface area contributed by atoms with E-state index in [0.717, 1.165) is 29.9 Å². The van der Waals surface area contributed by atoms with E-state index in [1.165, 1.54) is 18.4 Å². The van der Waals surface area contributed by atoms with E-state index in [9.17, 15) is 4.79 Å².